The number of benzene rings is 1. The number of hydrogen-bond acceptors (Lipinski definition) is 1. The van der Waals surface area contributed by atoms with Gasteiger partial charge in [-0.2, -0.15) is 0 Å². The van der Waals surface area contributed by atoms with Crippen LogP contribution in [0.3, 0.4) is 0 Å². The van der Waals surface area contributed by atoms with Crippen LogP contribution in [0.1, 0.15) is 89.5 Å². The molecule has 0 amide bonds. The second kappa shape index (κ2) is 18.5. The van der Waals surface area contributed by atoms with Gasteiger partial charge in [-0.1, -0.05) is 100 Å². The van der Waals surface area contributed by atoms with Gasteiger partial charge in [-0.3, -0.25) is 0 Å². The van der Waals surface area contributed by atoms with Crippen LogP contribution in [0.4, 0.5) is 0 Å². The number of hydrogen-bond donors (Lipinski definition) is 1. The molecular weight excluding hydrogens is 314 g/mol. The molecule has 0 atom stereocenters. The van der Waals surface area contributed by atoms with E-state index >= 15 is 0 Å². The van der Waals surface area contributed by atoms with Crippen molar-refractivity contribution in [2.75, 3.05) is 6.54 Å². The standard InChI is InChI=1S/C25H41N/c1-2-3-4-5-6-7-8-9-10-11-12-13-14-15-16-20-23-26-24-25-21-18-17-19-22-25/h7-8,10-11,17-19,21-22,26H,2-6,9,12-16,20,23-24H2,1H3/b8-7-,11-10-. The molecule has 0 spiro atoms. The SMILES string of the molecule is CCCCCC/C=C\C/C=C\CCCCCCCNCc1ccccc1. The molecule has 26 heavy (non-hydrogen) atoms. The molecule has 0 fully saturated rings. The first kappa shape index (κ1) is 22.7. The average molecular weight is 356 g/mol. The molecular formula is C25H41N. The van der Waals surface area contributed by atoms with Crippen LogP contribution < -0.4 is 5.32 Å². The highest BCUT2D eigenvalue weighted by Crippen LogP contribution is 2.07. The van der Waals surface area contributed by atoms with Gasteiger partial charge in [0.25, 0.3) is 0 Å². The van der Waals surface area contributed by atoms with Gasteiger partial charge in [0.2, 0.25) is 0 Å². The molecule has 0 saturated carbocycles. The van der Waals surface area contributed by atoms with Gasteiger partial charge in [-0.05, 0) is 50.6 Å². The number of rotatable bonds is 17. The van der Waals surface area contributed by atoms with Gasteiger partial charge in [-0.15, -0.1) is 0 Å². The highest BCUT2D eigenvalue weighted by molar-refractivity contribution is 5.14. The zero-order valence-corrected chi connectivity index (χ0v) is 17.1. The fraction of sp³-hybridized carbons (Fsp3) is 0.600. The third-order valence-corrected chi connectivity index (χ3v) is 4.73. The topological polar surface area (TPSA) is 12.0 Å². The van der Waals surface area contributed by atoms with Gasteiger partial charge < -0.3 is 5.32 Å². The van der Waals surface area contributed by atoms with Crippen LogP contribution in [-0.4, -0.2) is 6.54 Å². The molecule has 1 aromatic rings. The van der Waals surface area contributed by atoms with Gasteiger partial charge in [0.15, 0.2) is 0 Å². The van der Waals surface area contributed by atoms with Crippen LogP contribution in [0.15, 0.2) is 54.6 Å². The van der Waals surface area contributed by atoms with E-state index in [2.05, 4.69) is 66.9 Å². The summed E-state index contributed by atoms with van der Waals surface area (Å²) in [5, 5.41) is 3.53. The summed E-state index contributed by atoms with van der Waals surface area (Å²) in [5.41, 5.74) is 1.38. The van der Waals surface area contributed by atoms with Crippen molar-refractivity contribution in [2.24, 2.45) is 0 Å². The van der Waals surface area contributed by atoms with E-state index in [9.17, 15) is 0 Å². The second-order valence-corrected chi connectivity index (χ2v) is 7.25. The van der Waals surface area contributed by atoms with Gasteiger partial charge in [0.05, 0.1) is 0 Å². The minimum atomic E-state index is 0.999. The lowest BCUT2D eigenvalue weighted by Gasteiger charge is -2.04. The Morgan fingerprint density at radius 1 is 0.692 bits per heavy atom. The highest BCUT2D eigenvalue weighted by atomic mass is 14.8. The first-order chi connectivity index (χ1) is 12.9. The van der Waals surface area contributed by atoms with E-state index < -0.39 is 0 Å². The summed E-state index contributed by atoms with van der Waals surface area (Å²) in [7, 11) is 0. The van der Waals surface area contributed by atoms with E-state index in [1.54, 1.807) is 0 Å². The lowest BCUT2D eigenvalue weighted by molar-refractivity contribution is 0.577. The zero-order valence-electron chi connectivity index (χ0n) is 17.1. The molecule has 0 aliphatic rings. The third kappa shape index (κ3) is 15.0. The van der Waals surface area contributed by atoms with E-state index in [4.69, 9.17) is 0 Å². The number of nitrogens with one attached hydrogen (secondary N) is 1. The molecule has 0 heterocycles. The van der Waals surface area contributed by atoms with Crippen molar-refractivity contribution in [2.45, 2.75) is 90.5 Å². The molecule has 1 heteroatoms. The van der Waals surface area contributed by atoms with Crippen molar-refractivity contribution in [3.63, 3.8) is 0 Å². The van der Waals surface area contributed by atoms with E-state index in [-0.39, 0.29) is 0 Å². The van der Waals surface area contributed by atoms with Gasteiger partial charge >= 0.3 is 0 Å². The molecule has 1 rings (SSSR count). The summed E-state index contributed by atoms with van der Waals surface area (Å²) in [6.45, 7) is 4.41. The monoisotopic (exact) mass is 355 g/mol. The van der Waals surface area contributed by atoms with Gasteiger partial charge in [-0.25, -0.2) is 0 Å². The first-order valence-electron chi connectivity index (χ1n) is 11.0. The first-order valence-corrected chi connectivity index (χ1v) is 11.0. The Balaban J connectivity index is 1.78. The van der Waals surface area contributed by atoms with Crippen LogP contribution in [0.25, 0.3) is 0 Å². The third-order valence-electron chi connectivity index (χ3n) is 4.73. The molecule has 0 saturated heterocycles. The maximum atomic E-state index is 3.53. The average Bonchev–Trinajstić information content (AvgIpc) is 2.68. The molecule has 146 valence electrons. The zero-order chi connectivity index (χ0) is 18.5. The van der Waals surface area contributed by atoms with Crippen molar-refractivity contribution < 1.29 is 0 Å². The Hall–Kier alpha value is -1.34. The molecule has 0 bridgehead atoms. The molecule has 0 unspecified atom stereocenters. The molecule has 0 radical (unpaired) electrons. The summed E-state index contributed by atoms with van der Waals surface area (Å²) < 4.78 is 0. The number of unbranched alkanes of at least 4 members (excludes halogenated alkanes) is 9. The van der Waals surface area contributed by atoms with Gasteiger partial charge in [0.1, 0.15) is 0 Å². The van der Waals surface area contributed by atoms with Crippen LogP contribution in [0, 0.1) is 0 Å². The lowest BCUT2D eigenvalue weighted by atomic mass is 10.1. The van der Waals surface area contributed by atoms with Crippen LogP contribution >= 0.6 is 0 Å². The smallest absolute Gasteiger partial charge is 0.0205 e. The summed E-state index contributed by atoms with van der Waals surface area (Å²) in [6, 6.07) is 10.7. The Labute approximate surface area is 163 Å². The largest absolute Gasteiger partial charge is 0.313 e. The maximum absolute atomic E-state index is 3.53. The number of allylic oxidation sites excluding steroid dienone is 4. The van der Waals surface area contributed by atoms with Crippen molar-refractivity contribution in [1.82, 2.24) is 5.32 Å². The summed E-state index contributed by atoms with van der Waals surface area (Å²) in [6.07, 6.45) is 25.2. The lowest BCUT2D eigenvalue weighted by Crippen LogP contribution is -2.14. The fourth-order valence-electron chi connectivity index (χ4n) is 3.07. The molecule has 0 aromatic heterocycles. The molecule has 1 nitrogen and oxygen atoms in total. The summed E-state index contributed by atoms with van der Waals surface area (Å²) in [5.74, 6) is 0. The maximum Gasteiger partial charge on any atom is 0.0205 e. The summed E-state index contributed by atoms with van der Waals surface area (Å²) >= 11 is 0. The van der Waals surface area contributed by atoms with Crippen molar-refractivity contribution in [3.8, 4) is 0 Å². The minimum Gasteiger partial charge on any atom is -0.313 e. The quantitative estimate of drug-likeness (QED) is 0.224. The van der Waals surface area contributed by atoms with Crippen molar-refractivity contribution in [1.29, 1.82) is 0 Å². The minimum absolute atomic E-state index is 0.999. The fourth-order valence-corrected chi connectivity index (χ4v) is 3.07. The van der Waals surface area contributed by atoms with Crippen LogP contribution in [0.2, 0.25) is 0 Å². The Bertz CT molecular complexity index is 446. The molecule has 0 aliphatic heterocycles. The Kier molecular flexibility index (Phi) is 16.1. The van der Waals surface area contributed by atoms with Crippen molar-refractivity contribution >= 4 is 0 Å². The molecule has 1 aromatic carbocycles. The van der Waals surface area contributed by atoms with Crippen molar-refractivity contribution in [3.05, 3.63) is 60.2 Å². The normalized spacial score (nSPS) is 11.7. The molecule has 1 N–H and O–H groups in total. The predicted octanol–water partition coefficient (Wildman–Crippen LogP) is 7.59. The summed E-state index contributed by atoms with van der Waals surface area (Å²) in [4.78, 5) is 0. The van der Waals surface area contributed by atoms with Gasteiger partial charge in [0, 0.05) is 6.54 Å². The van der Waals surface area contributed by atoms with Crippen LogP contribution in [-0.2, 0) is 6.54 Å². The van der Waals surface area contributed by atoms with E-state index in [1.165, 1.54) is 76.2 Å². The second-order valence-electron chi connectivity index (χ2n) is 7.25. The van der Waals surface area contributed by atoms with E-state index in [1.807, 2.05) is 0 Å². The Morgan fingerprint density at radius 2 is 1.31 bits per heavy atom. The highest BCUT2D eigenvalue weighted by Gasteiger charge is 1.92. The predicted molar refractivity (Wildman–Crippen MR) is 118 cm³/mol. The van der Waals surface area contributed by atoms with Crippen LogP contribution in [0.5, 0.6) is 0 Å². The van der Waals surface area contributed by atoms with E-state index in [0.29, 0.717) is 0 Å². The molecule has 0 aliphatic carbocycles. The Morgan fingerprint density at radius 3 is 2.00 bits per heavy atom. The van der Waals surface area contributed by atoms with E-state index in [0.717, 1.165) is 19.5 Å².